The zero-order chi connectivity index (χ0) is 8.55. The fraction of sp³-hybridized carbons (Fsp3) is 0.125. The Hall–Kier alpha value is -0.380. The van der Waals surface area contributed by atoms with Crippen molar-refractivity contribution in [1.29, 1.82) is 0 Å². The van der Waals surface area contributed by atoms with E-state index in [1.165, 1.54) is 21.1 Å². The van der Waals surface area contributed by atoms with Crippen molar-refractivity contribution in [2.24, 2.45) is 0 Å². The lowest BCUT2D eigenvalue weighted by Gasteiger charge is -1.85. The van der Waals surface area contributed by atoms with Crippen molar-refractivity contribution in [2.75, 3.05) is 0 Å². The lowest BCUT2D eigenvalue weighted by Crippen LogP contribution is -1.57. The number of hydrogen-bond donors (Lipinski definition) is 0. The van der Waals surface area contributed by atoms with Crippen LogP contribution < -0.4 is 0 Å². The minimum absolute atomic E-state index is 0.607. The second-order valence-electron chi connectivity index (χ2n) is 2.39. The molecule has 0 aliphatic rings. The number of hydrogen-bond acceptors (Lipinski definition) is 3. The number of halogens is 1. The van der Waals surface area contributed by atoms with Gasteiger partial charge in [0, 0.05) is 16.0 Å². The van der Waals surface area contributed by atoms with Crippen molar-refractivity contribution >= 4 is 34.3 Å². The molecule has 0 unspecified atom stereocenters. The van der Waals surface area contributed by atoms with Gasteiger partial charge in [-0.05, 0) is 19.1 Å². The zero-order valence-corrected chi connectivity index (χ0v) is 8.76. The highest BCUT2D eigenvalue weighted by molar-refractivity contribution is 7.23. The summed E-state index contributed by atoms with van der Waals surface area (Å²) >= 11 is 9.01. The Morgan fingerprint density at radius 2 is 2.08 bits per heavy atom. The first-order valence-electron chi connectivity index (χ1n) is 3.44. The summed E-state index contributed by atoms with van der Waals surface area (Å²) in [7, 11) is 0. The van der Waals surface area contributed by atoms with Crippen LogP contribution in [0.4, 0.5) is 0 Å². The van der Waals surface area contributed by atoms with Crippen LogP contribution in [-0.2, 0) is 0 Å². The van der Waals surface area contributed by atoms with E-state index in [0.717, 1.165) is 4.88 Å². The van der Waals surface area contributed by atoms with E-state index in [0.29, 0.717) is 4.47 Å². The number of thiazole rings is 1. The Bertz CT molecular complexity index is 353. The average molecular weight is 216 g/mol. The number of rotatable bonds is 1. The Morgan fingerprint density at radius 1 is 1.25 bits per heavy atom. The molecule has 62 valence electrons. The molecule has 2 aromatic heterocycles. The maximum Gasteiger partial charge on any atom is 0.184 e. The lowest BCUT2D eigenvalue weighted by atomic mass is 10.4. The molecule has 0 saturated carbocycles. The molecule has 0 amide bonds. The molecule has 0 N–H and O–H groups in total. The van der Waals surface area contributed by atoms with Crippen LogP contribution in [0.25, 0.3) is 9.75 Å². The van der Waals surface area contributed by atoms with Crippen LogP contribution in [0.2, 0.25) is 4.47 Å². The van der Waals surface area contributed by atoms with E-state index in [-0.39, 0.29) is 0 Å². The van der Waals surface area contributed by atoms with Gasteiger partial charge in [0.25, 0.3) is 0 Å². The van der Waals surface area contributed by atoms with Gasteiger partial charge in [-0.2, -0.15) is 0 Å². The summed E-state index contributed by atoms with van der Waals surface area (Å²) in [6, 6.07) is 4.21. The van der Waals surface area contributed by atoms with Crippen molar-refractivity contribution in [2.45, 2.75) is 6.92 Å². The maximum absolute atomic E-state index is 5.73. The molecule has 0 atom stereocenters. The summed E-state index contributed by atoms with van der Waals surface area (Å²) in [6.07, 6.45) is 1.82. The predicted octanol–water partition coefficient (Wildman–Crippen LogP) is 3.83. The van der Waals surface area contributed by atoms with E-state index in [9.17, 15) is 0 Å². The normalized spacial score (nSPS) is 10.5. The smallest absolute Gasteiger partial charge is 0.184 e. The van der Waals surface area contributed by atoms with Gasteiger partial charge in [0.2, 0.25) is 0 Å². The van der Waals surface area contributed by atoms with E-state index in [2.05, 4.69) is 24.0 Å². The van der Waals surface area contributed by atoms with Crippen LogP contribution in [-0.4, -0.2) is 4.98 Å². The van der Waals surface area contributed by atoms with E-state index in [1.54, 1.807) is 11.3 Å². The molecule has 1 nitrogen and oxygen atoms in total. The summed E-state index contributed by atoms with van der Waals surface area (Å²) in [5, 5.41) is 0. The third-order valence-electron chi connectivity index (χ3n) is 1.46. The van der Waals surface area contributed by atoms with Gasteiger partial charge in [0.1, 0.15) is 0 Å². The lowest BCUT2D eigenvalue weighted by molar-refractivity contribution is 1.43. The molecule has 0 saturated heterocycles. The highest BCUT2D eigenvalue weighted by Crippen LogP contribution is 2.33. The quantitative estimate of drug-likeness (QED) is 0.705. The highest BCUT2D eigenvalue weighted by Gasteiger charge is 2.03. The number of nitrogens with zero attached hydrogens (tertiary/aromatic N) is 1. The molecule has 0 aliphatic carbocycles. The standard InChI is InChI=1S/C8H6ClNS2/c1-5-2-3-6(11-5)7-4-10-8(9)12-7/h2-4H,1H3. The van der Waals surface area contributed by atoms with Crippen LogP contribution >= 0.6 is 34.3 Å². The van der Waals surface area contributed by atoms with Gasteiger partial charge < -0.3 is 0 Å². The van der Waals surface area contributed by atoms with E-state index in [4.69, 9.17) is 11.6 Å². The van der Waals surface area contributed by atoms with Crippen LogP contribution in [0.15, 0.2) is 18.3 Å². The Morgan fingerprint density at radius 3 is 2.58 bits per heavy atom. The maximum atomic E-state index is 5.73. The molecular weight excluding hydrogens is 210 g/mol. The first kappa shape index (κ1) is 8.23. The van der Waals surface area contributed by atoms with Gasteiger partial charge in [-0.25, -0.2) is 4.98 Å². The minimum Gasteiger partial charge on any atom is -0.233 e. The Labute approximate surface area is 83.7 Å². The van der Waals surface area contributed by atoms with Gasteiger partial charge >= 0.3 is 0 Å². The van der Waals surface area contributed by atoms with Crippen LogP contribution in [0.3, 0.4) is 0 Å². The first-order valence-corrected chi connectivity index (χ1v) is 5.45. The third kappa shape index (κ3) is 1.53. The van der Waals surface area contributed by atoms with E-state index < -0.39 is 0 Å². The fourth-order valence-corrected chi connectivity index (χ4v) is 2.82. The van der Waals surface area contributed by atoms with Crippen molar-refractivity contribution in [1.82, 2.24) is 4.98 Å². The topological polar surface area (TPSA) is 12.9 Å². The fourth-order valence-electron chi connectivity index (χ4n) is 0.934. The Balaban J connectivity index is 2.43. The molecular formula is C8H6ClNS2. The van der Waals surface area contributed by atoms with E-state index >= 15 is 0 Å². The van der Waals surface area contributed by atoms with Gasteiger partial charge in [0.15, 0.2) is 4.47 Å². The van der Waals surface area contributed by atoms with Crippen LogP contribution in [0.1, 0.15) is 4.88 Å². The third-order valence-corrected chi connectivity index (χ3v) is 3.77. The molecule has 0 fully saturated rings. The number of aromatic nitrogens is 1. The van der Waals surface area contributed by atoms with Gasteiger partial charge in [0.05, 0.1) is 4.88 Å². The zero-order valence-electron chi connectivity index (χ0n) is 6.37. The number of thiophene rings is 1. The monoisotopic (exact) mass is 215 g/mol. The van der Waals surface area contributed by atoms with Gasteiger partial charge in [-0.1, -0.05) is 11.6 Å². The number of aryl methyl sites for hydroxylation is 1. The first-order chi connectivity index (χ1) is 5.75. The largest absolute Gasteiger partial charge is 0.233 e. The summed E-state index contributed by atoms with van der Waals surface area (Å²) in [4.78, 5) is 7.71. The second kappa shape index (κ2) is 3.17. The molecule has 0 aromatic carbocycles. The second-order valence-corrected chi connectivity index (χ2v) is 5.29. The molecule has 2 aromatic rings. The molecule has 0 spiro atoms. The molecule has 2 rings (SSSR count). The summed E-state index contributed by atoms with van der Waals surface area (Å²) < 4.78 is 0.607. The molecule has 0 aliphatic heterocycles. The Kier molecular flexibility index (Phi) is 2.17. The van der Waals surface area contributed by atoms with Gasteiger partial charge in [-0.3, -0.25) is 0 Å². The van der Waals surface area contributed by atoms with Crippen LogP contribution in [0.5, 0.6) is 0 Å². The van der Waals surface area contributed by atoms with E-state index in [1.807, 2.05) is 6.20 Å². The molecule has 0 bridgehead atoms. The van der Waals surface area contributed by atoms with Gasteiger partial charge in [-0.15, -0.1) is 22.7 Å². The predicted molar refractivity (Wildman–Crippen MR) is 55.2 cm³/mol. The SMILES string of the molecule is Cc1ccc(-c2cnc(Cl)s2)s1. The molecule has 4 heteroatoms. The molecule has 0 radical (unpaired) electrons. The highest BCUT2D eigenvalue weighted by atomic mass is 35.5. The summed E-state index contributed by atoms with van der Waals surface area (Å²) in [5.41, 5.74) is 0. The van der Waals surface area contributed by atoms with Crippen molar-refractivity contribution in [3.63, 3.8) is 0 Å². The molecule has 12 heavy (non-hydrogen) atoms. The van der Waals surface area contributed by atoms with Crippen molar-refractivity contribution < 1.29 is 0 Å². The average Bonchev–Trinajstić information content (AvgIpc) is 2.58. The van der Waals surface area contributed by atoms with Crippen molar-refractivity contribution in [3.8, 4) is 9.75 Å². The summed E-state index contributed by atoms with van der Waals surface area (Å²) in [6.45, 7) is 2.09. The summed E-state index contributed by atoms with van der Waals surface area (Å²) in [5.74, 6) is 0. The minimum atomic E-state index is 0.607. The van der Waals surface area contributed by atoms with Crippen molar-refractivity contribution in [3.05, 3.63) is 27.7 Å². The van der Waals surface area contributed by atoms with Crippen LogP contribution in [0, 0.1) is 6.92 Å². The molecule has 2 heterocycles.